The van der Waals surface area contributed by atoms with Gasteiger partial charge in [0, 0.05) is 11.3 Å². The van der Waals surface area contributed by atoms with Crippen LogP contribution in [0.5, 0.6) is 11.5 Å². The lowest BCUT2D eigenvalue weighted by atomic mass is 10.1. The number of aryl methyl sites for hydroxylation is 1. The fraction of sp³-hybridized carbons (Fsp3) is 0.200. The van der Waals surface area contributed by atoms with Crippen LogP contribution in [0, 0.1) is 14.9 Å². The van der Waals surface area contributed by atoms with E-state index in [9.17, 15) is 19.6 Å². The van der Waals surface area contributed by atoms with Crippen LogP contribution >= 0.6 is 22.6 Å². The van der Waals surface area contributed by atoms with Gasteiger partial charge in [-0.05, 0) is 77.4 Å². The number of amides is 4. The zero-order valence-electron chi connectivity index (χ0n) is 22.0. The number of rotatable bonds is 10. The molecular formula is C30H27IN4O5. The molecule has 3 aromatic rings. The van der Waals surface area contributed by atoms with Crippen LogP contribution in [0.2, 0.25) is 0 Å². The van der Waals surface area contributed by atoms with Crippen LogP contribution in [0.3, 0.4) is 0 Å². The number of urea groups is 1. The first kappa shape index (κ1) is 28.6. The van der Waals surface area contributed by atoms with Gasteiger partial charge in [0.1, 0.15) is 18.8 Å². The third kappa shape index (κ3) is 6.60. The maximum Gasteiger partial charge on any atom is 0.329 e. The molecule has 0 spiro atoms. The Morgan fingerprint density at radius 1 is 1.07 bits per heavy atom. The molecule has 3 aromatic carbocycles. The molecule has 0 saturated carbocycles. The van der Waals surface area contributed by atoms with Crippen molar-refractivity contribution < 1.29 is 23.9 Å². The maximum absolute atomic E-state index is 13.0. The fourth-order valence-electron chi connectivity index (χ4n) is 4.15. The molecule has 204 valence electrons. The third-order valence-electron chi connectivity index (χ3n) is 6.09. The summed E-state index contributed by atoms with van der Waals surface area (Å²) in [6.07, 6.45) is 2.26. The van der Waals surface area contributed by atoms with Gasteiger partial charge in [0.05, 0.1) is 21.8 Å². The van der Waals surface area contributed by atoms with Crippen molar-refractivity contribution in [2.24, 2.45) is 0 Å². The van der Waals surface area contributed by atoms with Crippen molar-refractivity contribution in [1.82, 2.24) is 10.2 Å². The molecule has 1 heterocycles. The summed E-state index contributed by atoms with van der Waals surface area (Å²) >= 11 is 2.11. The second kappa shape index (κ2) is 13.1. The average molecular weight is 650 g/mol. The zero-order valence-corrected chi connectivity index (χ0v) is 24.2. The number of nitrogens with zero attached hydrogens (tertiary/aromatic N) is 2. The Bertz CT molecular complexity index is 1530. The molecule has 4 rings (SSSR count). The van der Waals surface area contributed by atoms with Crippen LogP contribution < -0.4 is 20.1 Å². The van der Waals surface area contributed by atoms with Gasteiger partial charge in [-0.1, -0.05) is 43.3 Å². The van der Waals surface area contributed by atoms with Gasteiger partial charge >= 0.3 is 6.03 Å². The topological polar surface area (TPSA) is 121 Å². The summed E-state index contributed by atoms with van der Waals surface area (Å²) < 4.78 is 12.6. The van der Waals surface area contributed by atoms with Gasteiger partial charge < -0.3 is 20.1 Å². The summed E-state index contributed by atoms with van der Waals surface area (Å²) in [5, 5.41) is 14.7. The number of imide groups is 1. The highest BCUT2D eigenvalue weighted by atomic mass is 127. The molecule has 2 N–H and O–H groups in total. The summed E-state index contributed by atoms with van der Waals surface area (Å²) in [6, 6.07) is 19.5. The largest absolute Gasteiger partial charge is 0.490 e. The summed E-state index contributed by atoms with van der Waals surface area (Å²) in [5.74, 6) is -0.119. The van der Waals surface area contributed by atoms with Gasteiger partial charge in [-0.2, -0.15) is 5.26 Å². The maximum atomic E-state index is 13.0. The highest BCUT2D eigenvalue weighted by Gasteiger charge is 2.35. The molecule has 10 heteroatoms. The Hall–Kier alpha value is -4.37. The summed E-state index contributed by atoms with van der Waals surface area (Å²) in [6.45, 7) is 3.95. The number of hydrogen-bond donors (Lipinski definition) is 2. The molecular weight excluding hydrogens is 623 g/mol. The van der Waals surface area contributed by atoms with Gasteiger partial charge in [-0.3, -0.25) is 9.59 Å². The highest BCUT2D eigenvalue weighted by Crippen LogP contribution is 2.36. The van der Waals surface area contributed by atoms with Crippen molar-refractivity contribution in [2.45, 2.75) is 26.9 Å². The number of benzene rings is 3. The van der Waals surface area contributed by atoms with E-state index in [1.165, 1.54) is 6.08 Å². The van der Waals surface area contributed by atoms with Crippen molar-refractivity contribution in [2.75, 3.05) is 18.5 Å². The Balaban J connectivity index is 1.50. The van der Waals surface area contributed by atoms with Crippen LogP contribution in [0.4, 0.5) is 10.5 Å². The van der Waals surface area contributed by atoms with Crippen molar-refractivity contribution in [3.63, 3.8) is 0 Å². The number of para-hydroxylation sites is 1. The minimum Gasteiger partial charge on any atom is -0.490 e. The first-order valence-corrected chi connectivity index (χ1v) is 13.7. The van der Waals surface area contributed by atoms with E-state index in [-0.39, 0.29) is 12.3 Å². The summed E-state index contributed by atoms with van der Waals surface area (Å²) in [5.41, 5.74) is 3.52. The summed E-state index contributed by atoms with van der Waals surface area (Å²) in [4.78, 5) is 39.1. The minimum atomic E-state index is -0.675. The van der Waals surface area contributed by atoms with E-state index in [1.54, 1.807) is 30.3 Å². The molecule has 1 fully saturated rings. The first-order chi connectivity index (χ1) is 19.3. The Morgan fingerprint density at radius 3 is 2.52 bits per heavy atom. The number of nitriles is 1. The molecule has 40 heavy (non-hydrogen) atoms. The van der Waals surface area contributed by atoms with Crippen molar-refractivity contribution in [3.05, 3.63) is 92.2 Å². The number of anilines is 1. The van der Waals surface area contributed by atoms with Gasteiger partial charge in [0.15, 0.2) is 11.5 Å². The number of carbonyl (C=O) groups excluding carboxylic acids is 3. The van der Waals surface area contributed by atoms with Crippen LogP contribution in [-0.4, -0.2) is 35.9 Å². The van der Waals surface area contributed by atoms with E-state index in [4.69, 9.17) is 9.47 Å². The molecule has 1 aliphatic heterocycles. The molecule has 0 unspecified atom stereocenters. The quantitative estimate of drug-likeness (QED) is 0.176. The van der Waals surface area contributed by atoms with Crippen LogP contribution in [0.1, 0.15) is 36.1 Å². The number of ether oxygens (including phenoxy) is 2. The van der Waals surface area contributed by atoms with E-state index in [0.717, 1.165) is 22.4 Å². The second-order valence-corrected chi connectivity index (χ2v) is 9.92. The van der Waals surface area contributed by atoms with Crippen LogP contribution in [0.25, 0.3) is 6.08 Å². The highest BCUT2D eigenvalue weighted by molar-refractivity contribution is 14.1. The Morgan fingerprint density at radius 2 is 1.80 bits per heavy atom. The molecule has 0 radical (unpaired) electrons. The second-order valence-electron chi connectivity index (χ2n) is 8.76. The molecule has 1 saturated heterocycles. The number of halogens is 1. The molecule has 9 nitrogen and oxygen atoms in total. The van der Waals surface area contributed by atoms with Gasteiger partial charge in [-0.15, -0.1) is 0 Å². The smallest absolute Gasteiger partial charge is 0.329 e. The SMILES string of the molecule is CCOc1cc(/C=C2/NC(=O)N(CC(=O)Nc3ccccc3CC)C2=O)cc(I)c1OCc1ccccc1C#N. The monoisotopic (exact) mass is 650 g/mol. The Labute approximate surface area is 245 Å². The molecule has 0 atom stereocenters. The van der Waals surface area contributed by atoms with E-state index in [2.05, 4.69) is 39.3 Å². The number of carbonyl (C=O) groups is 3. The Kier molecular flexibility index (Phi) is 9.39. The van der Waals surface area contributed by atoms with Crippen molar-refractivity contribution in [3.8, 4) is 17.6 Å². The lowest BCUT2D eigenvalue weighted by Gasteiger charge is -2.15. The van der Waals surface area contributed by atoms with E-state index in [0.29, 0.717) is 38.5 Å². The fourth-order valence-corrected chi connectivity index (χ4v) is 4.93. The predicted molar refractivity (Wildman–Crippen MR) is 158 cm³/mol. The average Bonchev–Trinajstić information content (AvgIpc) is 3.20. The van der Waals surface area contributed by atoms with Crippen LogP contribution in [-0.2, 0) is 22.6 Å². The van der Waals surface area contributed by atoms with Gasteiger partial charge in [0.25, 0.3) is 5.91 Å². The van der Waals surface area contributed by atoms with E-state index < -0.39 is 24.4 Å². The predicted octanol–water partition coefficient (Wildman–Crippen LogP) is 5.23. The standard InChI is InChI=1S/C30H27IN4O5/c1-3-20-9-7-8-12-24(20)33-27(36)17-35-29(37)25(34-30(35)38)14-19-13-23(31)28(26(15-19)39-4-2)40-18-22-11-6-5-10-21(22)16-32/h5-15H,3-4,17-18H2,1-2H3,(H,33,36)(H,34,38)/b25-14+. The minimum absolute atomic E-state index is 0.0432. The summed E-state index contributed by atoms with van der Waals surface area (Å²) in [7, 11) is 0. The normalized spacial score (nSPS) is 13.7. The molecule has 1 aliphatic rings. The number of nitrogens with one attached hydrogen (secondary N) is 2. The van der Waals surface area contributed by atoms with E-state index in [1.807, 2.05) is 44.2 Å². The van der Waals surface area contributed by atoms with Gasteiger partial charge in [0.2, 0.25) is 5.91 Å². The van der Waals surface area contributed by atoms with Crippen LogP contribution in [0.15, 0.2) is 66.4 Å². The van der Waals surface area contributed by atoms with Crippen molar-refractivity contribution >= 4 is 52.2 Å². The molecule has 0 aliphatic carbocycles. The van der Waals surface area contributed by atoms with E-state index >= 15 is 0 Å². The van der Waals surface area contributed by atoms with Crippen molar-refractivity contribution in [1.29, 1.82) is 5.26 Å². The molecule has 0 bridgehead atoms. The molecule has 0 aromatic heterocycles. The van der Waals surface area contributed by atoms with Gasteiger partial charge in [-0.25, -0.2) is 9.69 Å². The molecule has 4 amide bonds. The zero-order chi connectivity index (χ0) is 28.6. The first-order valence-electron chi connectivity index (χ1n) is 12.6. The number of hydrogen-bond acceptors (Lipinski definition) is 6. The third-order valence-corrected chi connectivity index (χ3v) is 6.89. The lowest BCUT2D eigenvalue weighted by molar-refractivity contribution is -0.127. The lowest BCUT2D eigenvalue weighted by Crippen LogP contribution is -2.38.